The van der Waals surface area contributed by atoms with Gasteiger partial charge in [0.1, 0.15) is 0 Å². The number of carbonyl (C=O) groups is 2. The summed E-state index contributed by atoms with van der Waals surface area (Å²) in [5.74, 6) is -0.465. The van der Waals surface area contributed by atoms with Crippen LogP contribution in [0.25, 0.3) is 0 Å². The van der Waals surface area contributed by atoms with Crippen LogP contribution in [0.1, 0.15) is 22.8 Å². The molecule has 0 saturated heterocycles. The molecule has 5 heteroatoms. The standard InChI is InChI=1S/C12H12ClNO3/c1-7(15)14-4-3-8-5-9(12(16)17-2)6-10(13)11(8)14/h5-6H,3-4H2,1-2H3. The lowest BCUT2D eigenvalue weighted by atomic mass is 10.1. The van der Waals surface area contributed by atoms with Gasteiger partial charge < -0.3 is 9.64 Å². The Kier molecular flexibility index (Phi) is 3.07. The molecule has 90 valence electrons. The van der Waals surface area contributed by atoms with Crippen molar-refractivity contribution in [2.24, 2.45) is 0 Å². The zero-order chi connectivity index (χ0) is 12.6. The zero-order valence-electron chi connectivity index (χ0n) is 9.62. The van der Waals surface area contributed by atoms with Gasteiger partial charge in [0, 0.05) is 13.5 Å². The highest BCUT2D eigenvalue weighted by molar-refractivity contribution is 6.34. The first-order valence-electron chi connectivity index (χ1n) is 5.23. The molecule has 0 atom stereocenters. The van der Waals surface area contributed by atoms with Crippen molar-refractivity contribution in [2.45, 2.75) is 13.3 Å². The number of nitrogens with zero attached hydrogens (tertiary/aromatic N) is 1. The normalized spacial score (nSPS) is 13.5. The van der Waals surface area contributed by atoms with Gasteiger partial charge in [0.15, 0.2) is 0 Å². The topological polar surface area (TPSA) is 46.6 Å². The Labute approximate surface area is 104 Å². The van der Waals surface area contributed by atoms with Crippen molar-refractivity contribution in [2.75, 3.05) is 18.6 Å². The van der Waals surface area contributed by atoms with Crippen molar-refractivity contribution in [3.8, 4) is 0 Å². The number of methoxy groups -OCH3 is 1. The molecule has 2 rings (SSSR count). The van der Waals surface area contributed by atoms with Crippen molar-refractivity contribution in [3.63, 3.8) is 0 Å². The van der Waals surface area contributed by atoms with Crippen LogP contribution in [0.5, 0.6) is 0 Å². The number of hydrogen-bond donors (Lipinski definition) is 0. The summed E-state index contributed by atoms with van der Waals surface area (Å²) < 4.78 is 4.65. The fourth-order valence-electron chi connectivity index (χ4n) is 2.04. The Morgan fingerprint density at radius 2 is 2.12 bits per heavy atom. The third-order valence-corrected chi connectivity index (χ3v) is 3.11. The minimum Gasteiger partial charge on any atom is -0.465 e. The molecule has 0 N–H and O–H groups in total. The van der Waals surface area contributed by atoms with E-state index < -0.39 is 5.97 Å². The Morgan fingerprint density at radius 1 is 1.41 bits per heavy atom. The molecule has 0 spiro atoms. The Balaban J connectivity index is 2.48. The molecule has 1 heterocycles. The summed E-state index contributed by atoms with van der Waals surface area (Å²) in [5, 5.41) is 0.413. The number of benzene rings is 1. The molecule has 0 bridgehead atoms. The predicted molar refractivity (Wildman–Crippen MR) is 64.5 cm³/mol. The van der Waals surface area contributed by atoms with Crippen molar-refractivity contribution < 1.29 is 14.3 Å². The molecule has 4 nitrogen and oxygen atoms in total. The molecule has 0 aromatic heterocycles. The minimum absolute atomic E-state index is 0.0449. The number of hydrogen-bond acceptors (Lipinski definition) is 3. The third-order valence-electron chi connectivity index (χ3n) is 2.82. The highest BCUT2D eigenvalue weighted by atomic mass is 35.5. The summed E-state index contributed by atoms with van der Waals surface area (Å²) in [6, 6.07) is 3.27. The van der Waals surface area contributed by atoms with Gasteiger partial charge >= 0.3 is 5.97 Å². The Morgan fingerprint density at radius 3 is 2.71 bits per heavy atom. The average Bonchev–Trinajstić information content (AvgIpc) is 2.72. The molecule has 1 aliphatic heterocycles. The van der Waals surface area contributed by atoms with Gasteiger partial charge in [-0.1, -0.05) is 11.6 Å². The van der Waals surface area contributed by atoms with Gasteiger partial charge in [-0.3, -0.25) is 4.79 Å². The van der Waals surface area contributed by atoms with Crippen LogP contribution >= 0.6 is 11.6 Å². The molecule has 0 fully saturated rings. The maximum atomic E-state index is 11.4. The molecule has 0 saturated carbocycles. The zero-order valence-corrected chi connectivity index (χ0v) is 10.4. The van der Waals surface area contributed by atoms with E-state index in [1.807, 2.05) is 0 Å². The number of rotatable bonds is 1. The smallest absolute Gasteiger partial charge is 0.337 e. The van der Waals surface area contributed by atoms with Crippen LogP contribution in [0.15, 0.2) is 12.1 Å². The van der Waals surface area contributed by atoms with Gasteiger partial charge in [-0.15, -0.1) is 0 Å². The number of ether oxygens (including phenoxy) is 1. The van der Waals surface area contributed by atoms with Gasteiger partial charge in [-0.05, 0) is 24.1 Å². The predicted octanol–water partition coefficient (Wildman–Crippen LogP) is 2.04. The molecule has 17 heavy (non-hydrogen) atoms. The molecular weight excluding hydrogens is 242 g/mol. The van der Waals surface area contributed by atoms with Crippen molar-refractivity contribution in [3.05, 3.63) is 28.3 Å². The van der Waals surface area contributed by atoms with Gasteiger partial charge in [0.2, 0.25) is 5.91 Å². The summed E-state index contributed by atoms with van der Waals surface area (Å²) in [6.45, 7) is 2.11. The van der Waals surface area contributed by atoms with E-state index in [0.717, 1.165) is 5.56 Å². The van der Waals surface area contributed by atoms with Gasteiger partial charge in [0.05, 0.1) is 23.4 Å². The summed E-state index contributed by atoms with van der Waals surface area (Å²) in [6.07, 6.45) is 0.708. The molecule has 1 aromatic rings. The van der Waals surface area contributed by atoms with Crippen molar-refractivity contribution >= 4 is 29.2 Å². The summed E-state index contributed by atoms with van der Waals surface area (Å²) >= 11 is 6.11. The van der Waals surface area contributed by atoms with E-state index in [9.17, 15) is 9.59 Å². The van der Waals surface area contributed by atoms with Crippen LogP contribution in [0.2, 0.25) is 5.02 Å². The molecule has 1 amide bonds. The van der Waals surface area contributed by atoms with Crippen LogP contribution in [-0.4, -0.2) is 25.5 Å². The summed E-state index contributed by atoms with van der Waals surface area (Å²) in [7, 11) is 1.32. The van der Waals surface area contributed by atoms with E-state index in [4.69, 9.17) is 11.6 Å². The Hall–Kier alpha value is -1.55. The second-order valence-electron chi connectivity index (χ2n) is 3.88. The number of anilines is 1. The quantitative estimate of drug-likeness (QED) is 0.720. The third kappa shape index (κ3) is 2.00. The lowest BCUT2D eigenvalue weighted by molar-refractivity contribution is -0.116. The number of carbonyl (C=O) groups excluding carboxylic acids is 2. The van der Waals surface area contributed by atoms with Crippen LogP contribution in [0.3, 0.4) is 0 Å². The van der Waals surface area contributed by atoms with E-state index in [1.54, 1.807) is 11.0 Å². The maximum absolute atomic E-state index is 11.4. The largest absolute Gasteiger partial charge is 0.465 e. The first kappa shape index (κ1) is 11.9. The van der Waals surface area contributed by atoms with E-state index in [1.165, 1.54) is 20.1 Å². The molecule has 1 aliphatic rings. The summed E-state index contributed by atoms with van der Waals surface area (Å²) in [4.78, 5) is 24.5. The van der Waals surface area contributed by atoms with E-state index in [0.29, 0.717) is 29.2 Å². The first-order chi connectivity index (χ1) is 8.04. The SMILES string of the molecule is COC(=O)c1cc(Cl)c2c(c1)CCN2C(C)=O. The Bertz CT molecular complexity index is 499. The lowest BCUT2D eigenvalue weighted by Gasteiger charge is -2.16. The number of esters is 1. The number of fused-ring (bicyclic) bond motifs is 1. The fourth-order valence-corrected chi connectivity index (χ4v) is 2.38. The van der Waals surface area contributed by atoms with Crippen LogP contribution in [-0.2, 0) is 16.0 Å². The van der Waals surface area contributed by atoms with E-state index in [2.05, 4.69) is 4.74 Å². The first-order valence-corrected chi connectivity index (χ1v) is 5.61. The maximum Gasteiger partial charge on any atom is 0.337 e. The molecule has 1 aromatic carbocycles. The minimum atomic E-state index is -0.420. The fraction of sp³-hybridized carbons (Fsp3) is 0.333. The molecular formula is C12H12ClNO3. The molecule has 0 aliphatic carbocycles. The average molecular weight is 254 g/mol. The monoisotopic (exact) mass is 253 g/mol. The van der Waals surface area contributed by atoms with Crippen molar-refractivity contribution in [1.82, 2.24) is 0 Å². The number of halogens is 1. The second-order valence-corrected chi connectivity index (χ2v) is 4.29. The van der Waals surface area contributed by atoms with Gasteiger partial charge in [0.25, 0.3) is 0 Å². The highest BCUT2D eigenvalue weighted by Crippen LogP contribution is 2.36. The highest BCUT2D eigenvalue weighted by Gasteiger charge is 2.26. The summed E-state index contributed by atoms with van der Waals surface area (Å²) in [5.41, 5.74) is 2.04. The van der Waals surface area contributed by atoms with E-state index >= 15 is 0 Å². The van der Waals surface area contributed by atoms with Crippen molar-refractivity contribution in [1.29, 1.82) is 0 Å². The molecule has 0 radical (unpaired) electrons. The van der Waals surface area contributed by atoms with Gasteiger partial charge in [-0.25, -0.2) is 4.79 Å². The molecule has 0 unspecified atom stereocenters. The van der Waals surface area contributed by atoms with Gasteiger partial charge in [-0.2, -0.15) is 0 Å². The second kappa shape index (κ2) is 4.37. The van der Waals surface area contributed by atoms with E-state index in [-0.39, 0.29) is 5.91 Å². The van der Waals surface area contributed by atoms with Crippen LogP contribution < -0.4 is 4.90 Å². The lowest BCUT2D eigenvalue weighted by Crippen LogP contribution is -2.26. The van der Waals surface area contributed by atoms with Crippen LogP contribution in [0, 0.1) is 0 Å². The van der Waals surface area contributed by atoms with Crippen LogP contribution in [0.4, 0.5) is 5.69 Å². The number of amides is 1.